The quantitative estimate of drug-likeness (QED) is 0.390. The van der Waals surface area contributed by atoms with Gasteiger partial charge in [-0.1, -0.05) is 33.1 Å². The van der Waals surface area contributed by atoms with E-state index in [1.54, 1.807) is 0 Å². The third-order valence-electron chi connectivity index (χ3n) is 5.33. The Morgan fingerprint density at radius 1 is 1.07 bits per heavy atom. The maximum Gasteiger partial charge on any atom is 0.245 e. The Bertz CT molecular complexity index is 540. The zero-order valence-corrected chi connectivity index (χ0v) is 16.2. The number of hydrogen-bond donors (Lipinski definition) is 4. The lowest BCUT2D eigenvalue weighted by Crippen LogP contribution is -2.56. The van der Waals surface area contributed by atoms with E-state index in [-0.39, 0.29) is 30.1 Å². The number of rotatable bonds is 10. The summed E-state index contributed by atoms with van der Waals surface area (Å²) in [5, 5.41) is 24.2. The molecule has 1 aliphatic carbocycles. The van der Waals surface area contributed by atoms with E-state index in [2.05, 4.69) is 10.6 Å². The van der Waals surface area contributed by atoms with Gasteiger partial charge in [0.25, 0.3) is 0 Å². The van der Waals surface area contributed by atoms with E-state index >= 15 is 0 Å². The van der Waals surface area contributed by atoms with Crippen LogP contribution in [0.2, 0.25) is 0 Å². The molecule has 0 spiro atoms. The normalized spacial score (nSPS) is 24.9. The summed E-state index contributed by atoms with van der Waals surface area (Å²) >= 11 is 0. The van der Waals surface area contributed by atoms with Crippen molar-refractivity contribution in [3.8, 4) is 0 Å². The van der Waals surface area contributed by atoms with E-state index in [0.717, 1.165) is 32.1 Å². The van der Waals surface area contributed by atoms with E-state index < -0.39 is 36.8 Å². The SMILES string of the molecule is CC(C)C[C@H](NC(=O)[C@H](CO)NC(=O)C1CCCCC1)C(=O)[C@@]1(CO)CO1. The van der Waals surface area contributed by atoms with Crippen LogP contribution in [0.15, 0.2) is 0 Å². The van der Waals surface area contributed by atoms with Crippen LogP contribution in [-0.4, -0.2) is 65.3 Å². The highest BCUT2D eigenvalue weighted by atomic mass is 16.6. The van der Waals surface area contributed by atoms with Gasteiger partial charge >= 0.3 is 0 Å². The van der Waals surface area contributed by atoms with Gasteiger partial charge in [0.15, 0.2) is 11.4 Å². The Hall–Kier alpha value is -1.51. The minimum atomic E-state index is -1.23. The molecule has 2 rings (SSSR count). The van der Waals surface area contributed by atoms with Crippen LogP contribution in [0.4, 0.5) is 0 Å². The molecule has 4 N–H and O–H groups in total. The first-order valence-electron chi connectivity index (χ1n) is 9.83. The second-order valence-electron chi connectivity index (χ2n) is 8.07. The van der Waals surface area contributed by atoms with Gasteiger partial charge in [-0.15, -0.1) is 0 Å². The third-order valence-corrected chi connectivity index (χ3v) is 5.33. The van der Waals surface area contributed by atoms with Crippen molar-refractivity contribution in [2.45, 2.75) is 70.1 Å². The first-order chi connectivity index (χ1) is 12.8. The van der Waals surface area contributed by atoms with Gasteiger partial charge in [0.2, 0.25) is 11.8 Å². The van der Waals surface area contributed by atoms with E-state index in [0.29, 0.717) is 6.42 Å². The summed E-state index contributed by atoms with van der Waals surface area (Å²) in [5.41, 5.74) is -1.23. The molecular formula is C19H32N2O6. The molecular weight excluding hydrogens is 352 g/mol. The second kappa shape index (κ2) is 9.61. The van der Waals surface area contributed by atoms with Crippen molar-refractivity contribution in [3.05, 3.63) is 0 Å². The van der Waals surface area contributed by atoms with Crippen molar-refractivity contribution < 1.29 is 29.3 Å². The summed E-state index contributed by atoms with van der Waals surface area (Å²) in [7, 11) is 0. The van der Waals surface area contributed by atoms with Gasteiger partial charge in [-0.05, 0) is 25.2 Å². The number of epoxide rings is 1. The second-order valence-corrected chi connectivity index (χ2v) is 8.07. The number of carbonyl (C=O) groups excluding carboxylic acids is 3. The smallest absolute Gasteiger partial charge is 0.245 e. The largest absolute Gasteiger partial charge is 0.394 e. The Balaban J connectivity index is 1.98. The van der Waals surface area contributed by atoms with E-state index in [1.165, 1.54) is 0 Å². The highest BCUT2D eigenvalue weighted by Crippen LogP contribution is 2.30. The van der Waals surface area contributed by atoms with Gasteiger partial charge in [-0.3, -0.25) is 14.4 Å². The molecule has 0 bridgehead atoms. The number of ether oxygens (including phenoxy) is 1. The summed E-state index contributed by atoms with van der Waals surface area (Å²) in [4.78, 5) is 37.6. The number of nitrogens with one attached hydrogen (secondary N) is 2. The molecule has 1 aliphatic heterocycles. The predicted molar refractivity (Wildman–Crippen MR) is 97.8 cm³/mol. The van der Waals surface area contributed by atoms with Gasteiger partial charge in [0.05, 0.1) is 25.9 Å². The first kappa shape index (κ1) is 21.8. The molecule has 1 saturated carbocycles. The molecule has 2 fully saturated rings. The van der Waals surface area contributed by atoms with Gasteiger partial charge in [-0.2, -0.15) is 0 Å². The molecule has 0 aromatic heterocycles. The minimum absolute atomic E-state index is 0.123. The monoisotopic (exact) mass is 384 g/mol. The third kappa shape index (κ3) is 5.73. The summed E-state index contributed by atoms with van der Waals surface area (Å²) in [6.07, 6.45) is 5.04. The van der Waals surface area contributed by atoms with Gasteiger partial charge in [0.1, 0.15) is 6.04 Å². The summed E-state index contributed by atoms with van der Waals surface area (Å²) in [6.45, 7) is 2.99. The lowest BCUT2D eigenvalue weighted by Gasteiger charge is -2.26. The van der Waals surface area contributed by atoms with Gasteiger partial charge in [-0.25, -0.2) is 0 Å². The summed E-state index contributed by atoms with van der Waals surface area (Å²) in [5.74, 6) is -1.21. The van der Waals surface area contributed by atoms with Gasteiger partial charge in [0, 0.05) is 5.92 Å². The Labute approximate surface area is 160 Å². The fourth-order valence-electron chi connectivity index (χ4n) is 3.54. The molecule has 154 valence electrons. The zero-order chi connectivity index (χ0) is 20.0. The van der Waals surface area contributed by atoms with Crippen molar-refractivity contribution in [3.63, 3.8) is 0 Å². The molecule has 0 aromatic rings. The number of Topliss-reactive ketones (excluding diaryl/α,β-unsaturated/α-hetero) is 1. The van der Waals surface area contributed by atoms with Crippen molar-refractivity contribution in [2.24, 2.45) is 11.8 Å². The molecule has 3 atom stereocenters. The zero-order valence-electron chi connectivity index (χ0n) is 16.2. The lowest BCUT2D eigenvalue weighted by molar-refractivity contribution is -0.135. The maximum atomic E-state index is 12.7. The minimum Gasteiger partial charge on any atom is -0.394 e. The average molecular weight is 384 g/mol. The van der Waals surface area contributed by atoms with E-state index in [4.69, 9.17) is 4.74 Å². The standard InChI is InChI=1S/C19H32N2O6/c1-12(2)8-14(16(24)19(10-23)11-27-19)20-18(26)15(9-22)21-17(25)13-6-4-3-5-7-13/h12-15,22-23H,3-11H2,1-2H3,(H,20,26)(H,21,25)/t14-,15-,19+/m0/s1. The molecule has 2 amide bonds. The van der Waals surface area contributed by atoms with Crippen LogP contribution in [0.3, 0.4) is 0 Å². The predicted octanol–water partition coefficient (Wildman–Crippen LogP) is -0.0949. The number of amides is 2. The maximum absolute atomic E-state index is 12.7. The van der Waals surface area contributed by atoms with Crippen LogP contribution in [0, 0.1) is 11.8 Å². The molecule has 27 heavy (non-hydrogen) atoms. The van der Waals surface area contributed by atoms with Crippen molar-refractivity contribution in [1.82, 2.24) is 10.6 Å². The van der Waals surface area contributed by atoms with Crippen molar-refractivity contribution >= 4 is 17.6 Å². The number of aliphatic hydroxyl groups is 2. The average Bonchev–Trinajstić information content (AvgIpc) is 3.46. The molecule has 0 radical (unpaired) electrons. The molecule has 0 unspecified atom stereocenters. The molecule has 8 heteroatoms. The van der Waals surface area contributed by atoms with Crippen molar-refractivity contribution in [2.75, 3.05) is 19.8 Å². The molecule has 0 aromatic carbocycles. The molecule has 1 heterocycles. The molecule has 8 nitrogen and oxygen atoms in total. The lowest BCUT2D eigenvalue weighted by atomic mass is 9.88. The Morgan fingerprint density at radius 2 is 1.70 bits per heavy atom. The summed E-state index contributed by atoms with van der Waals surface area (Å²) < 4.78 is 5.11. The van der Waals surface area contributed by atoms with Crippen LogP contribution >= 0.6 is 0 Å². The number of ketones is 1. The Kier molecular flexibility index (Phi) is 7.76. The van der Waals surface area contributed by atoms with Crippen LogP contribution in [0.1, 0.15) is 52.4 Å². The number of hydrogen-bond acceptors (Lipinski definition) is 6. The number of carbonyl (C=O) groups is 3. The van der Waals surface area contributed by atoms with E-state index in [1.807, 2.05) is 13.8 Å². The van der Waals surface area contributed by atoms with E-state index in [9.17, 15) is 24.6 Å². The van der Waals surface area contributed by atoms with Gasteiger partial charge < -0.3 is 25.6 Å². The topological polar surface area (TPSA) is 128 Å². The highest BCUT2D eigenvalue weighted by Gasteiger charge is 2.54. The van der Waals surface area contributed by atoms with Crippen LogP contribution in [0.25, 0.3) is 0 Å². The van der Waals surface area contributed by atoms with Crippen molar-refractivity contribution in [1.29, 1.82) is 0 Å². The van der Waals surface area contributed by atoms with Crippen LogP contribution in [-0.2, 0) is 19.1 Å². The van der Waals surface area contributed by atoms with Crippen LogP contribution in [0.5, 0.6) is 0 Å². The number of aliphatic hydroxyl groups excluding tert-OH is 2. The Morgan fingerprint density at radius 3 is 2.19 bits per heavy atom. The summed E-state index contributed by atoms with van der Waals surface area (Å²) in [6, 6.07) is -1.94. The highest BCUT2D eigenvalue weighted by molar-refractivity contribution is 5.98. The first-order valence-corrected chi connectivity index (χ1v) is 9.83. The fourth-order valence-corrected chi connectivity index (χ4v) is 3.54. The molecule has 2 aliphatic rings. The fraction of sp³-hybridized carbons (Fsp3) is 0.842. The van der Waals surface area contributed by atoms with Crippen LogP contribution < -0.4 is 10.6 Å². The molecule has 1 saturated heterocycles.